The normalized spacial score (nSPS) is 16.4. The fourth-order valence-corrected chi connectivity index (χ4v) is 2.64. The van der Waals surface area contributed by atoms with Crippen LogP contribution in [0, 0.1) is 0 Å². The van der Waals surface area contributed by atoms with E-state index in [-0.39, 0.29) is 11.9 Å². The van der Waals surface area contributed by atoms with Crippen molar-refractivity contribution < 1.29 is 23.8 Å². The Morgan fingerprint density at radius 3 is 2.56 bits per heavy atom. The fourth-order valence-electron chi connectivity index (χ4n) is 2.64. The van der Waals surface area contributed by atoms with Gasteiger partial charge in [0.25, 0.3) is 0 Å². The molecule has 0 saturated carbocycles. The molecule has 1 aliphatic heterocycles. The molecule has 2 aromatic carbocycles. The molecule has 0 amide bonds. The molecule has 0 spiro atoms. The van der Waals surface area contributed by atoms with E-state index in [4.69, 9.17) is 14.2 Å². The lowest BCUT2D eigenvalue weighted by molar-refractivity contribution is 0.0644. The number of carbonyl (C=O) groups excluding carboxylic acids is 2. The van der Waals surface area contributed by atoms with Crippen molar-refractivity contribution in [2.45, 2.75) is 25.9 Å². The maximum Gasteiger partial charge on any atom is 0.347 e. The van der Waals surface area contributed by atoms with Crippen LogP contribution < -0.4 is 9.47 Å². The summed E-state index contributed by atoms with van der Waals surface area (Å²) in [5.41, 5.74) is 0.927. The van der Waals surface area contributed by atoms with Gasteiger partial charge in [0.15, 0.2) is 5.78 Å². The zero-order valence-electron chi connectivity index (χ0n) is 14.1. The number of carbonyl (C=O) groups is 2. The predicted octanol–water partition coefficient (Wildman–Crippen LogP) is 3.67. The average Bonchev–Trinajstić information content (AvgIpc) is 3.14. The molecule has 1 atom stereocenters. The Morgan fingerprint density at radius 1 is 1.12 bits per heavy atom. The molecule has 2 aromatic rings. The van der Waals surface area contributed by atoms with Crippen molar-refractivity contribution in [3.8, 4) is 11.5 Å². The maximum atomic E-state index is 12.4. The van der Waals surface area contributed by atoms with Crippen molar-refractivity contribution >= 4 is 11.8 Å². The van der Waals surface area contributed by atoms with Crippen molar-refractivity contribution in [2.75, 3.05) is 13.2 Å². The first-order valence-electron chi connectivity index (χ1n) is 8.30. The second-order valence-corrected chi connectivity index (χ2v) is 5.91. The molecule has 1 heterocycles. The van der Waals surface area contributed by atoms with Gasteiger partial charge in [-0.3, -0.25) is 4.79 Å². The second kappa shape index (κ2) is 7.94. The van der Waals surface area contributed by atoms with E-state index in [0.717, 1.165) is 19.4 Å². The number of ether oxygens (including phenoxy) is 3. The summed E-state index contributed by atoms with van der Waals surface area (Å²) in [6.07, 6.45) is 2.08. The minimum Gasteiger partial charge on any atom is -0.490 e. The van der Waals surface area contributed by atoms with Crippen molar-refractivity contribution in [2.24, 2.45) is 0 Å². The fraction of sp³-hybridized carbons (Fsp3) is 0.300. The van der Waals surface area contributed by atoms with Crippen molar-refractivity contribution in [3.63, 3.8) is 0 Å². The SMILES string of the molecule is CC(=O)c1ccc(OC(=O)c2ccccc2OC[C@H]2CCCO2)cc1. The molecular formula is C20H20O5. The number of hydrogen-bond acceptors (Lipinski definition) is 5. The Hall–Kier alpha value is -2.66. The summed E-state index contributed by atoms with van der Waals surface area (Å²) in [4.78, 5) is 23.7. The van der Waals surface area contributed by atoms with E-state index in [1.165, 1.54) is 6.92 Å². The van der Waals surface area contributed by atoms with E-state index in [2.05, 4.69) is 0 Å². The Kier molecular flexibility index (Phi) is 5.46. The van der Waals surface area contributed by atoms with Gasteiger partial charge in [-0.15, -0.1) is 0 Å². The van der Waals surface area contributed by atoms with E-state index >= 15 is 0 Å². The summed E-state index contributed by atoms with van der Waals surface area (Å²) >= 11 is 0. The summed E-state index contributed by atoms with van der Waals surface area (Å²) in [5, 5.41) is 0. The van der Waals surface area contributed by atoms with Gasteiger partial charge in [-0.2, -0.15) is 0 Å². The van der Waals surface area contributed by atoms with E-state index in [0.29, 0.717) is 29.2 Å². The van der Waals surface area contributed by atoms with Crippen molar-refractivity contribution in [1.82, 2.24) is 0 Å². The number of esters is 1. The van der Waals surface area contributed by atoms with Crippen LogP contribution in [0.3, 0.4) is 0 Å². The second-order valence-electron chi connectivity index (χ2n) is 5.91. The first kappa shape index (κ1) is 17.2. The molecule has 25 heavy (non-hydrogen) atoms. The van der Waals surface area contributed by atoms with Crippen LogP contribution in [-0.4, -0.2) is 31.1 Å². The number of ketones is 1. The topological polar surface area (TPSA) is 61.8 Å². The number of rotatable bonds is 6. The highest BCUT2D eigenvalue weighted by molar-refractivity contribution is 5.95. The van der Waals surface area contributed by atoms with Gasteiger partial charge >= 0.3 is 5.97 Å². The van der Waals surface area contributed by atoms with Crippen LogP contribution in [0.5, 0.6) is 11.5 Å². The van der Waals surface area contributed by atoms with Crippen LogP contribution in [0.2, 0.25) is 0 Å². The Balaban J connectivity index is 1.67. The zero-order chi connectivity index (χ0) is 17.6. The third-order valence-corrected chi connectivity index (χ3v) is 4.03. The standard InChI is InChI=1S/C20H20O5/c1-14(21)15-8-10-16(11-9-15)25-20(22)18-6-2-3-7-19(18)24-13-17-5-4-12-23-17/h2-3,6-11,17H,4-5,12-13H2,1H3/t17-/m1/s1. The molecule has 0 radical (unpaired) electrons. The summed E-state index contributed by atoms with van der Waals surface area (Å²) in [6, 6.07) is 13.4. The first-order valence-corrected chi connectivity index (χ1v) is 8.30. The summed E-state index contributed by atoms with van der Waals surface area (Å²) in [7, 11) is 0. The largest absolute Gasteiger partial charge is 0.490 e. The van der Waals surface area contributed by atoms with Gasteiger partial charge in [-0.25, -0.2) is 4.79 Å². The molecule has 0 aliphatic carbocycles. The smallest absolute Gasteiger partial charge is 0.347 e. The minimum absolute atomic E-state index is 0.0363. The molecule has 0 aromatic heterocycles. The summed E-state index contributed by atoms with van der Waals surface area (Å²) < 4.78 is 16.7. The zero-order valence-corrected chi connectivity index (χ0v) is 14.1. The lowest BCUT2D eigenvalue weighted by atomic mass is 10.1. The van der Waals surface area contributed by atoms with E-state index < -0.39 is 5.97 Å². The highest BCUT2D eigenvalue weighted by Crippen LogP contribution is 2.22. The van der Waals surface area contributed by atoms with Crippen LogP contribution in [0.25, 0.3) is 0 Å². The molecular weight excluding hydrogens is 320 g/mol. The molecule has 0 unspecified atom stereocenters. The molecule has 0 N–H and O–H groups in total. The van der Waals surface area contributed by atoms with Gasteiger partial charge in [0.05, 0.1) is 6.10 Å². The molecule has 3 rings (SSSR count). The summed E-state index contributed by atoms with van der Waals surface area (Å²) in [6.45, 7) is 2.66. The molecule has 0 bridgehead atoms. The van der Waals surface area contributed by atoms with E-state index in [1.807, 2.05) is 6.07 Å². The molecule has 130 valence electrons. The Bertz CT molecular complexity index is 745. The molecule has 1 fully saturated rings. The lowest BCUT2D eigenvalue weighted by Gasteiger charge is -2.14. The third-order valence-electron chi connectivity index (χ3n) is 4.03. The van der Waals surface area contributed by atoms with Crippen molar-refractivity contribution in [1.29, 1.82) is 0 Å². The van der Waals surface area contributed by atoms with E-state index in [9.17, 15) is 9.59 Å². The van der Waals surface area contributed by atoms with Crippen molar-refractivity contribution in [3.05, 3.63) is 59.7 Å². The molecule has 1 saturated heterocycles. The third kappa shape index (κ3) is 4.45. The van der Waals surface area contributed by atoms with Crippen LogP contribution in [0.4, 0.5) is 0 Å². The van der Waals surface area contributed by atoms with Gasteiger partial charge < -0.3 is 14.2 Å². The van der Waals surface area contributed by atoms with Crippen LogP contribution in [0.15, 0.2) is 48.5 Å². The Labute approximate surface area is 146 Å². The van der Waals surface area contributed by atoms with Gasteiger partial charge in [0.1, 0.15) is 23.7 Å². The average molecular weight is 340 g/mol. The van der Waals surface area contributed by atoms with E-state index in [1.54, 1.807) is 42.5 Å². The van der Waals surface area contributed by atoms with Gasteiger partial charge in [0.2, 0.25) is 0 Å². The van der Waals surface area contributed by atoms with Gasteiger partial charge in [0, 0.05) is 12.2 Å². The number of hydrogen-bond donors (Lipinski definition) is 0. The molecule has 5 heteroatoms. The highest BCUT2D eigenvalue weighted by Gasteiger charge is 2.19. The Morgan fingerprint density at radius 2 is 1.88 bits per heavy atom. The van der Waals surface area contributed by atoms with Crippen LogP contribution >= 0.6 is 0 Å². The maximum absolute atomic E-state index is 12.4. The number of benzene rings is 2. The van der Waals surface area contributed by atoms with Gasteiger partial charge in [-0.1, -0.05) is 12.1 Å². The highest BCUT2D eigenvalue weighted by atomic mass is 16.5. The monoisotopic (exact) mass is 340 g/mol. The summed E-state index contributed by atoms with van der Waals surface area (Å²) in [5.74, 6) is 0.316. The quantitative estimate of drug-likeness (QED) is 0.456. The molecule has 1 aliphatic rings. The lowest BCUT2D eigenvalue weighted by Crippen LogP contribution is -2.18. The number of Topliss-reactive ketones (excluding diaryl/α,β-unsaturated/α-hetero) is 1. The van der Waals surface area contributed by atoms with Crippen LogP contribution in [0.1, 0.15) is 40.5 Å². The molecule has 5 nitrogen and oxygen atoms in total. The predicted molar refractivity (Wildman–Crippen MR) is 92.3 cm³/mol. The minimum atomic E-state index is -0.501. The van der Waals surface area contributed by atoms with Crippen LogP contribution in [-0.2, 0) is 4.74 Å². The first-order chi connectivity index (χ1) is 12.1. The van der Waals surface area contributed by atoms with Gasteiger partial charge in [-0.05, 0) is 56.2 Å². The number of para-hydroxylation sites is 1.